The quantitative estimate of drug-likeness (QED) is 0.549. The maximum Gasteiger partial charge on any atom is 0.341 e. The Bertz CT molecular complexity index is 1200. The summed E-state index contributed by atoms with van der Waals surface area (Å²) < 4.78 is 30.1. The van der Waals surface area contributed by atoms with Gasteiger partial charge in [-0.05, 0) is 53.1 Å². The zero-order valence-electron chi connectivity index (χ0n) is 16.3. The molecule has 0 bridgehead atoms. The van der Waals surface area contributed by atoms with Crippen LogP contribution in [0.15, 0.2) is 64.2 Å². The summed E-state index contributed by atoms with van der Waals surface area (Å²) in [7, 11) is -3.34. The Labute approximate surface area is 179 Å². The fraction of sp³-hybridized carbons (Fsp3) is 0.174. The Kier molecular flexibility index (Phi) is 6.93. The summed E-state index contributed by atoms with van der Waals surface area (Å²) in [6, 6.07) is 13.8. The van der Waals surface area contributed by atoms with Gasteiger partial charge in [-0.2, -0.15) is 11.3 Å². The largest absolute Gasteiger partial charge is 0.481 e. The third-order valence-corrected chi connectivity index (χ3v) is 6.81. The van der Waals surface area contributed by atoms with Gasteiger partial charge in [0.15, 0.2) is 16.4 Å². The average Bonchev–Trinajstić information content (AvgIpc) is 3.25. The second kappa shape index (κ2) is 9.61. The van der Waals surface area contributed by atoms with E-state index in [2.05, 4.69) is 11.8 Å². The number of benzene rings is 2. The normalized spacial score (nSPS) is 10.8. The molecule has 1 heterocycles. The van der Waals surface area contributed by atoms with Crippen LogP contribution in [-0.2, 0) is 14.6 Å². The second-order valence-corrected chi connectivity index (χ2v) is 9.36. The zero-order valence-corrected chi connectivity index (χ0v) is 17.9. The minimum absolute atomic E-state index is 0.0814. The fourth-order valence-electron chi connectivity index (χ4n) is 2.87. The minimum Gasteiger partial charge on any atom is -0.481 e. The molecular formula is C23H20O5S2. The van der Waals surface area contributed by atoms with Gasteiger partial charge in [0.25, 0.3) is 0 Å². The lowest BCUT2D eigenvalue weighted by molar-refractivity contribution is -0.139. The van der Waals surface area contributed by atoms with E-state index < -0.39 is 22.4 Å². The van der Waals surface area contributed by atoms with Crippen molar-refractivity contribution >= 4 is 27.1 Å². The summed E-state index contributed by atoms with van der Waals surface area (Å²) in [4.78, 5) is 11.2. The van der Waals surface area contributed by atoms with Crippen molar-refractivity contribution < 1.29 is 23.1 Å². The molecule has 0 aliphatic heterocycles. The van der Waals surface area contributed by atoms with Crippen molar-refractivity contribution in [2.24, 2.45) is 0 Å². The van der Waals surface area contributed by atoms with Crippen LogP contribution in [0.3, 0.4) is 0 Å². The third kappa shape index (κ3) is 5.29. The number of ether oxygens (including phenoxy) is 1. The predicted octanol–water partition coefficient (Wildman–Crippen LogP) is 4.46. The standard InChI is InChI=1S/C23H20O5S2/c1-2-13-30(26,27)19-6-3-5-17(14-19)9-10-21-20(18-11-12-29-16-18)7-4-8-22(21)28-15-23(24)25/h3-8,11-12,14,16H,2,13,15H2,1H3,(H,24,25). The lowest BCUT2D eigenvalue weighted by Crippen LogP contribution is -2.10. The molecular weight excluding hydrogens is 420 g/mol. The first-order chi connectivity index (χ1) is 14.4. The molecule has 5 nitrogen and oxygen atoms in total. The molecule has 0 aliphatic carbocycles. The van der Waals surface area contributed by atoms with E-state index in [4.69, 9.17) is 9.84 Å². The van der Waals surface area contributed by atoms with Gasteiger partial charge in [-0.15, -0.1) is 0 Å². The van der Waals surface area contributed by atoms with E-state index in [1.54, 1.807) is 47.7 Å². The molecule has 2 aromatic carbocycles. The molecule has 0 atom stereocenters. The summed E-state index contributed by atoms with van der Waals surface area (Å²) >= 11 is 1.54. The molecule has 0 fully saturated rings. The van der Waals surface area contributed by atoms with E-state index in [1.165, 1.54) is 0 Å². The summed E-state index contributed by atoms with van der Waals surface area (Å²) in [6.07, 6.45) is 0.538. The van der Waals surface area contributed by atoms with Crippen molar-refractivity contribution in [1.29, 1.82) is 0 Å². The molecule has 0 saturated heterocycles. The van der Waals surface area contributed by atoms with Crippen LogP contribution >= 0.6 is 11.3 Å². The van der Waals surface area contributed by atoms with E-state index >= 15 is 0 Å². The Morgan fingerprint density at radius 1 is 1.13 bits per heavy atom. The SMILES string of the molecule is CCCS(=O)(=O)c1cccc(C#Cc2c(OCC(=O)O)cccc2-c2ccsc2)c1. The van der Waals surface area contributed by atoms with Crippen LogP contribution < -0.4 is 4.74 Å². The Balaban J connectivity index is 2.05. The van der Waals surface area contributed by atoms with Crippen molar-refractivity contribution in [3.63, 3.8) is 0 Å². The number of hydrogen-bond acceptors (Lipinski definition) is 5. The Hall–Kier alpha value is -3.08. The summed E-state index contributed by atoms with van der Waals surface area (Å²) in [5.41, 5.74) is 2.88. The molecule has 1 aromatic heterocycles. The molecule has 0 spiro atoms. The molecule has 3 aromatic rings. The van der Waals surface area contributed by atoms with E-state index in [0.717, 1.165) is 11.1 Å². The highest BCUT2D eigenvalue weighted by Gasteiger charge is 2.14. The first kappa shape index (κ1) is 21.6. The maximum absolute atomic E-state index is 12.3. The van der Waals surface area contributed by atoms with Gasteiger partial charge in [0.05, 0.1) is 16.2 Å². The van der Waals surface area contributed by atoms with Crippen LogP contribution in [0.2, 0.25) is 0 Å². The summed E-state index contributed by atoms with van der Waals surface area (Å²) in [5.74, 6) is 5.44. The zero-order chi connectivity index (χ0) is 21.6. The molecule has 0 unspecified atom stereocenters. The fourth-order valence-corrected chi connectivity index (χ4v) is 4.89. The monoisotopic (exact) mass is 440 g/mol. The van der Waals surface area contributed by atoms with Gasteiger partial charge < -0.3 is 9.84 Å². The minimum atomic E-state index is -3.34. The molecule has 154 valence electrons. The molecule has 0 saturated carbocycles. The number of hydrogen-bond donors (Lipinski definition) is 1. The van der Waals surface area contributed by atoms with Gasteiger partial charge in [-0.1, -0.05) is 37.0 Å². The van der Waals surface area contributed by atoms with Crippen molar-refractivity contribution in [3.8, 4) is 28.7 Å². The lowest BCUT2D eigenvalue weighted by Gasteiger charge is -2.10. The molecule has 7 heteroatoms. The Morgan fingerprint density at radius 3 is 2.63 bits per heavy atom. The molecule has 1 N–H and O–H groups in total. The number of aliphatic carboxylic acids is 1. The van der Waals surface area contributed by atoms with E-state index in [-0.39, 0.29) is 10.6 Å². The van der Waals surface area contributed by atoms with E-state index in [0.29, 0.717) is 23.3 Å². The number of sulfone groups is 1. The van der Waals surface area contributed by atoms with Crippen molar-refractivity contribution in [2.75, 3.05) is 12.4 Å². The first-order valence-corrected chi connectivity index (χ1v) is 11.8. The van der Waals surface area contributed by atoms with Crippen LogP contribution in [0, 0.1) is 11.8 Å². The van der Waals surface area contributed by atoms with Crippen LogP contribution in [0.5, 0.6) is 5.75 Å². The van der Waals surface area contributed by atoms with Gasteiger partial charge in [0.2, 0.25) is 0 Å². The topological polar surface area (TPSA) is 80.7 Å². The number of rotatable bonds is 7. The molecule has 30 heavy (non-hydrogen) atoms. The van der Waals surface area contributed by atoms with E-state index in [9.17, 15) is 13.2 Å². The average molecular weight is 441 g/mol. The van der Waals surface area contributed by atoms with Gasteiger partial charge in [0, 0.05) is 11.1 Å². The summed E-state index contributed by atoms with van der Waals surface area (Å²) in [6.45, 7) is 1.34. The highest BCUT2D eigenvalue weighted by Crippen LogP contribution is 2.31. The third-order valence-electron chi connectivity index (χ3n) is 4.21. The van der Waals surface area contributed by atoms with Crippen LogP contribution in [0.25, 0.3) is 11.1 Å². The molecule has 0 amide bonds. The van der Waals surface area contributed by atoms with Crippen molar-refractivity contribution in [1.82, 2.24) is 0 Å². The van der Waals surface area contributed by atoms with Crippen molar-refractivity contribution in [3.05, 3.63) is 70.4 Å². The highest BCUT2D eigenvalue weighted by molar-refractivity contribution is 7.91. The number of thiophene rings is 1. The molecule has 3 rings (SSSR count). The number of carbonyl (C=O) groups is 1. The lowest BCUT2D eigenvalue weighted by atomic mass is 10.0. The van der Waals surface area contributed by atoms with Crippen LogP contribution in [-0.4, -0.2) is 31.9 Å². The van der Waals surface area contributed by atoms with Gasteiger partial charge >= 0.3 is 5.97 Å². The van der Waals surface area contributed by atoms with Gasteiger partial charge in [0.1, 0.15) is 5.75 Å². The molecule has 0 aliphatic rings. The second-order valence-electron chi connectivity index (χ2n) is 6.47. The number of carboxylic acid groups (broad SMARTS) is 1. The van der Waals surface area contributed by atoms with Gasteiger partial charge in [-0.3, -0.25) is 0 Å². The van der Waals surface area contributed by atoms with E-state index in [1.807, 2.05) is 29.8 Å². The van der Waals surface area contributed by atoms with Crippen LogP contribution in [0.4, 0.5) is 0 Å². The summed E-state index contributed by atoms with van der Waals surface area (Å²) in [5, 5.41) is 12.9. The van der Waals surface area contributed by atoms with Crippen molar-refractivity contribution in [2.45, 2.75) is 18.2 Å². The Morgan fingerprint density at radius 2 is 1.93 bits per heavy atom. The van der Waals surface area contributed by atoms with Crippen LogP contribution in [0.1, 0.15) is 24.5 Å². The number of carboxylic acids is 1. The smallest absolute Gasteiger partial charge is 0.341 e. The predicted molar refractivity (Wildman–Crippen MR) is 118 cm³/mol. The molecule has 0 radical (unpaired) electrons. The highest BCUT2D eigenvalue weighted by atomic mass is 32.2. The first-order valence-electron chi connectivity index (χ1n) is 9.25. The maximum atomic E-state index is 12.3. The van der Waals surface area contributed by atoms with Gasteiger partial charge in [-0.25, -0.2) is 13.2 Å².